The van der Waals surface area contributed by atoms with Gasteiger partial charge in [-0.3, -0.25) is 0 Å². The summed E-state index contributed by atoms with van der Waals surface area (Å²) in [5.74, 6) is 1.04. The second-order valence-corrected chi connectivity index (χ2v) is 5.41. The lowest BCUT2D eigenvalue weighted by molar-refractivity contribution is 0.0389. The van der Waals surface area contributed by atoms with Gasteiger partial charge < -0.3 is 0 Å². The number of hydrogen-bond donors (Lipinski definition) is 0. The fourth-order valence-electron chi connectivity index (χ4n) is 3.36. The largest absolute Gasteiger partial charge is 0.0591 e. The van der Waals surface area contributed by atoms with Crippen LogP contribution in [-0.4, -0.2) is 0 Å². The van der Waals surface area contributed by atoms with Crippen molar-refractivity contribution in [1.82, 2.24) is 0 Å². The Hall–Kier alpha value is 0. The van der Waals surface area contributed by atoms with Gasteiger partial charge in [-0.2, -0.15) is 0 Å². The van der Waals surface area contributed by atoms with Crippen LogP contribution in [0.1, 0.15) is 52.9 Å². The highest BCUT2D eigenvalue weighted by molar-refractivity contribution is 5.02. The van der Waals surface area contributed by atoms with E-state index in [1.165, 1.54) is 32.1 Å². The zero-order valence-electron chi connectivity index (χ0n) is 8.11. The van der Waals surface area contributed by atoms with Crippen molar-refractivity contribution < 1.29 is 0 Å². The Morgan fingerprint density at radius 1 is 1.00 bits per heavy atom. The molecule has 11 heavy (non-hydrogen) atoms. The van der Waals surface area contributed by atoms with Gasteiger partial charge in [-0.05, 0) is 42.4 Å². The SMILES string of the molecule is CC12CCCC(CC1)C2(C)C. The first-order chi connectivity index (χ1) is 5.06. The van der Waals surface area contributed by atoms with E-state index in [4.69, 9.17) is 0 Å². The van der Waals surface area contributed by atoms with E-state index in [9.17, 15) is 0 Å². The van der Waals surface area contributed by atoms with E-state index in [1.807, 2.05) is 0 Å². The summed E-state index contributed by atoms with van der Waals surface area (Å²) in [6.45, 7) is 7.49. The summed E-state index contributed by atoms with van der Waals surface area (Å²) in [4.78, 5) is 0. The molecule has 0 heterocycles. The van der Waals surface area contributed by atoms with E-state index in [1.54, 1.807) is 0 Å². The van der Waals surface area contributed by atoms with Gasteiger partial charge >= 0.3 is 0 Å². The molecule has 2 aliphatic rings. The normalized spacial score (nSPS) is 47.7. The Balaban J connectivity index is 2.33. The Bertz CT molecular complexity index is 162. The Morgan fingerprint density at radius 3 is 2.27 bits per heavy atom. The number of fused-ring (bicyclic) bond motifs is 2. The van der Waals surface area contributed by atoms with Crippen LogP contribution in [0, 0.1) is 16.7 Å². The first-order valence-electron chi connectivity index (χ1n) is 5.06. The van der Waals surface area contributed by atoms with Gasteiger partial charge in [0.1, 0.15) is 0 Å². The van der Waals surface area contributed by atoms with Crippen LogP contribution in [-0.2, 0) is 0 Å². The molecule has 0 radical (unpaired) electrons. The summed E-state index contributed by atoms with van der Waals surface area (Å²) in [5.41, 5.74) is 1.33. The van der Waals surface area contributed by atoms with E-state index >= 15 is 0 Å². The third kappa shape index (κ3) is 0.816. The van der Waals surface area contributed by atoms with E-state index in [0.29, 0.717) is 10.8 Å². The van der Waals surface area contributed by atoms with Crippen molar-refractivity contribution in [2.45, 2.75) is 52.9 Å². The Kier molecular flexibility index (Phi) is 1.41. The highest BCUT2D eigenvalue weighted by atomic mass is 14.6. The molecule has 2 saturated carbocycles. The molecule has 0 heteroatoms. The number of hydrogen-bond acceptors (Lipinski definition) is 0. The van der Waals surface area contributed by atoms with Gasteiger partial charge in [0, 0.05) is 0 Å². The van der Waals surface area contributed by atoms with Gasteiger partial charge in [0.05, 0.1) is 0 Å². The molecule has 0 N–H and O–H groups in total. The monoisotopic (exact) mass is 152 g/mol. The zero-order chi connectivity index (χ0) is 8.11. The third-order valence-corrected chi connectivity index (χ3v) is 4.90. The van der Waals surface area contributed by atoms with Gasteiger partial charge in [-0.1, -0.05) is 27.2 Å². The summed E-state index contributed by atoms with van der Waals surface area (Å²) in [6.07, 6.45) is 7.47. The van der Waals surface area contributed by atoms with Gasteiger partial charge in [0.2, 0.25) is 0 Å². The van der Waals surface area contributed by atoms with Gasteiger partial charge in [0.15, 0.2) is 0 Å². The molecule has 0 nitrogen and oxygen atoms in total. The molecule has 0 saturated heterocycles. The van der Waals surface area contributed by atoms with E-state index < -0.39 is 0 Å². The molecule has 2 fully saturated rings. The molecule has 2 atom stereocenters. The van der Waals surface area contributed by atoms with Crippen LogP contribution in [0.5, 0.6) is 0 Å². The van der Waals surface area contributed by atoms with Crippen LogP contribution in [0.3, 0.4) is 0 Å². The maximum Gasteiger partial charge on any atom is -0.0272 e. The second kappa shape index (κ2) is 2.02. The van der Waals surface area contributed by atoms with Crippen LogP contribution in [0.15, 0.2) is 0 Å². The van der Waals surface area contributed by atoms with E-state index in [-0.39, 0.29) is 0 Å². The highest BCUT2D eigenvalue weighted by Crippen LogP contribution is 2.62. The smallest absolute Gasteiger partial charge is 0.0272 e. The lowest BCUT2D eigenvalue weighted by Crippen LogP contribution is -2.37. The summed E-state index contributed by atoms with van der Waals surface area (Å²) >= 11 is 0. The van der Waals surface area contributed by atoms with E-state index in [0.717, 1.165) is 5.92 Å². The second-order valence-electron chi connectivity index (χ2n) is 5.41. The molecule has 0 aliphatic heterocycles. The minimum Gasteiger partial charge on any atom is -0.0591 e. The Labute approximate surface area is 70.4 Å². The number of rotatable bonds is 0. The standard InChI is InChI=1S/C11H20/c1-10(2)9-5-4-7-11(10,3)8-6-9/h9H,4-8H2,1-3H3. The van der Waals surface area contributed by atoms with Gasteiger partial charge in [-0.25, -0.2) is 0 Å². The summed E-state index contributed by atoms with van der Waals surface area (Å²) in [7, 11) is 0. The van der Waals surface area contributed by atoms with Gasteiger partial charge in [-0.15, -0.1) is 0 Å². The van der Waals surface area contributed by atoms with Crippen LogP contribution in [0.25, 0.3) is 0 Å². The maximum atomic E-state index is 2.51. The molecule has 2 aliphatic carbocycles. The van der Waals surface area contributed by atoms with Crippen molar-refractivity contribution in [1.29, 1.82) is 0 Å². The topological polar surface area (TPSA) is 0 Å². The fraction of sp³-hybridized carbons (Fsp3) is 1.00. The molecule has 2 rings (SSSR count). The van der Waals surface area contributed by atoms with Crippen LogP contribution >= 0.6 is 0 Å². The maximum absolute atomic E-state index is 2.51. The van der Waals surface area contributed by atoms with Crippen molar-refractivity contribution in [3.05, 3.63) is 0 Å². The van der Waals surface area contributed by atoms with Crippen LogP contribution in [0.2, 0.25) is 0 Å². The van der Waals surface area contributed by atoms with Crippen molar-refractivity contribution in [2.75, 3.05) is 0 Å². The molecule has 0 aromatic rings. The quantitative estimate of drug-likeness (QED) is 0.497. The average molecular weight is 152 g/mol. The minimum absolute atomic E-state index is 0.644. The third-order valence-electron chi connectivity index (χ3n) is 4.90. The summed E-state index contributed by atoms with van der Waals surface area (Å²) in [6, 6.07) is 0. The van der Waals surface area contributed by atoms with Gasteiger partial charge in [0.25, 0.3) is 0 Å². The Morgan fingerprint density at radius 2 is 1.73 bits per heavy atom. The molecular formula is C11H20. The molecular weight excluding hydrogens is 132 g/mol. The molecule has 0 spiro atoms. The molecule has 0 aromatic heterocycles. The predicted octanol–water partition coefficient (Wildman–Crippen LogP) is 3.61. The van der Waals surface area contributed by atoms with Crippen molar-refractivity contribution in [2.24, 2.45) is 16.7 Å². The van der Waals surface area contributed by atoms with E-state index in [2.05, 4.69) is 20.8 Å². The van der Waals surface area contributed by atoms with Crippen LogP contribution in [0.4, 0.5) is 0 Å². The molecule has 64 valence electrons. The first-order valence-corrected chi connectivity index (χ1v) is 5.06. The molecule has 0 aromatic carbocycles. The lowest BCUT2D eigenvalue weighted by atomic mass is 9.59. The van der Waals surface area contributed by atoms with Crippen molar-refractivity contribution in [3.63, 3.8) is 0 Å². The lowest BCUT2D eigenvalue weighted by Gasteiger charge is -2.46. The molecule has 2 bridgehead atoms. The zero-order valence-corrected chi connectivity index (χ0v) is 8.11. The molecule has 0 amide bonds. The fourth-order valence-corrected chi connectivity index (χ4v) is 3.36. The molecule has 2 unspecified atom stereocenters. The van der Waals surface area contributed by atoms with Crippen LogP contribution < -0.4 is 0 Å². The average Bonchev–Trinajstić information content (AvgIpc) is 2.17. The minimum atomic E-state index is 0.644. The summed E-state index contributed by atoms with van der Waals surface area (Å²) < 4.78 is 0. The predicted molar refractivity (Wildman–Crippen MR) is 48.5 cm³/mol. The highest BCUT2D eigenvalue weighted by Gasteiger charge is 2.52. The first kappa shape index (κ1) is 7.64. The summed E-state index contributed by atoms with van der Waals surface area (Å²) in [5, 5.41) is 0. The van der Waals surface area contributed by atoms with Crippen molar-refractivity contribution >= 4 is 0 Å². The van der Waals surface area contributed by atoms with Crippen molar-refractivity contribution in [3.8, 4) is 0 Å².